The van der Waals surface area contributed by atoms with Crippen LogP contribution in [0.2, 0.25) is 0 Å². The summed E-state index contributed by atoms with van der Waals surface area (Å²) in [5, 5.41) is 2.74. The van der Waals surface area contributed by atoms with Crippen LogP contribution in [0.4, 0.5) is 10.5 Å². The first-order valence-corrected chi connectivity index (χ1v) is 9.59. The number of fused-ring (bicyclic) bond motifs is 2. The van der Waals surface area contributed by atoms with E-state index in [-0.39, 0.29) is 0 Å². The van der Waals surface area contributed by atoms with Crippen LogP contribution in [0, 0.1) is 23.2 Å². The number of hydrogen-bond donors (Lipinski definition) is 1. The predicted octanol–water partition coefficient (Wildman–Crippen LogP) is 6.08. The van der Waals surface area contributed by atoms with Gasteiger partial charge in [0.2, 0.25) is 0 Å². The lowest BCUT2D eigenvalue weighted by Crippen LogP contribution is -2.32. The molecule has 2 bridgehead atoms. The first-order valence-electron chi connectivity index (χ1n) is 9.59. The van der Waals surface area contributed by atoms with Gasteiger partial charge < -0.3 is 4.74 Å². The van der Waals surface area contributed by atoms with E-state index < -0.39 is 6.09 Å². The molecule has 3 heteroatoms. The summed E-state index contributed by atoms with van der Waals surface area (Å²) in [5.74, 6) is 3.65. The molecule has 136 valence electrons. The molecule has 0 unspecified atom stereocenters. The summed E-state index contributed by atoms with van der Waals surface area (Å²) in [7, 11) is 0. The number of carbonyl (C=O) groups excluding carboxylic acids is 1. The average molecular weight is 349 g/mol. The summed E-state index contributed by atoms with van der Waals surface area (Å²) in [6.45, 7) is 7.28. The quantitative estimate of drug-likeness (QED) is 0.729. The van der Waals surface area contributed by atoms with E-state index in [0.29, 0.717) is 17.1 Å². The van der Waals surface area contributed by atoms with E-state index in [2.05, 4.69) is 38.2 Å². The van der Waals surface area contributed by atoms with Crippen molar-refractivity contribution >= 4 is 11.8 Å². The van der Waals surface area contributed by atoms with Gasteiger partial charge in [0.1, 0.15) is 5.75 Å². The van der Waals surface area contributed by atoms with Gasteiger partial charge in [0.15, 0.2) is 0 Å². The van der Waals surface area contributed by atoms with Gasteiger partial charge in [-0.25, -0.2) is 4.79 Å². The summed E-state index contributed by atoms with van der Waals surface area (Å²) >= 11 is 0. The van der Waals surface area contributed by atoms with Crippen LogP contribution in [0.3, 0.4) is 0 Å². The van der Waals surface area contributed by atoms with Crippen molar-refractivity contribution in [2.45, 2.75) is 39.5 Å². The highest BCUT2D eigenvalue weighted by molar-refractivity contribution is 5.86. The smallest absolute Gasteiger partial charge is 0.410 e. The number of carbonyl (C=O) groups is 1. The minimum atomic E-state index is -0.459. The lowest BCUT2D eigenvalue weighted by molar-refractivity contribution is 0.118. The minimum absolute atomic E-state index is 0.415. The number of amides is 1. The van der Waals surface area contributed by atoms with E-state index in [1.165, 1.54) is 18.4 Å². The lowest BCUT2D eigenvalue weighted by Gasteiger charge is -2.41. The number of hydrogen-bond acceptors (Lipinski definition) is 2. The van der Waals surface area contributed by atoms with Gasteiger partial charge >= 0.3 is 6.09 Å². The average Bonchev–Trinajstić information content (AvgIpc) is 3.16. The van der Waals surface area contributed by atoms with E-state index in [4.69, 9.17) is 4.74 Å². The second-order valence-electron chi connectivity index (χ2n) is 8.50. The zero-order chi connectivity index (χ0) is 18.3. The third-order valence-electron chi connectivity index (χ3n) is 6.97. The van der Waals surface area contributed by atoms with Gasteiger partial charge in [0.05, 0.1) is 0 Å². The summed E-state index contributed by atoms with van der Waals surface area (Å²) in [6.07, 6.45) is 2.19. The molecular formula is C23H27NO2. The van der Waals surface area contributed by atoms with Crippen molar-refractivity contribution in [3.63, 3.8) is 0 Å². The van der Waals surface area contributed by atoms with Crippen molar-refractivity contribution in [2.24, 2.45) is 23.2 Å². The number of para-hydroxylation sites is 1. The van der Waals surface area contributed by atoms with Crippen LogP contribution < -0.4 is 10.1 Å². The molecule has 0 radical (unpaired) electrons. The molecule has 2 aliphatic rings. The van der Waals surface area contributed by atoms with Crippen LogP contribution in [-0.4, -0.2) is 6.09 Å². The third kappa shape index (κ3) is 3.00. The molecule has 0 heterocycles. The molecule has 2 saturated carbocycles. The van der Waals surface area contributed by atoms with Gasteiger partial charge in [-0.2, -0.15) is 0 Å². The molecule has 3 nitrogen and oxygen atoms in total. The van der Waals surface area contributed by atoms with E-state index >= 15 is 0 Å². The van der Waals surface area contributed by atoms with E-state index in [0.717, 1.165) is 23.4 Å². The minimum Gasteiger partial charge on any atom is -0.410 e. The number of benzene rings is 2. The maximum Gasteiger partial charge on any atom is 0.417 e. The van der Waals surface area contributed by atoms with Crippen LogP contribution in [0.5, 0.6) is 5.75 Å². The Bertz CT molecular complexity index is 782. The molecule has 0 saturated heterocycles. The Kier molecular flexibility index (Phi) is 4.26. The standard InChI is InChI=1S/C23H27NO2/c1-15-17-13-20(21(14-17)23(15,2)3)16-9-11-19(12-10-16)26-22(25)24-18-7-5-4-6-8-18/h4-12,15,17,20-21H,13-14H2,1-3H3,(H,24,25)/t15-,17+,20+,21+/m0/s1. The molecule has 2 fully saturated rings. The van der Waals surface area contributed by atoms with E-state index in [1.807, 2.05) is 42.5 Å². The van der Waals surface area contributed by atoms with Crippen LogP contribution in [0.25, 0.3) is 0 Å². The summed E-state index contributed by atoms with van der Waals surface area (Å²) in [6, 6.07) is 17.4. The first-order chi connectivity index (χ1) is 12.4. The van der Waals surface area contributed by atoms with Gasteiger partial charge in [-0.05, 0) is 71.8 Å². The van der Waals surface area contributed by atoms with Crippen LogP contribution >= 0.6 is 0 Å². The van der Waals surface area contributed by atoms with Crippen LogP contribution in [0.15, 0.2) is 54.6 Å². The molecule has 26 heavy (non-hydrogen) atoms. The number of ether oxygens (including phenoxy) is 1. The molecule has 2 aromatic carbocycles. The zero-order valence-electron chi connectivity index (χ0n) is 15.7. The monoisotopic (exact) mass is 349 g/mol. The zero-order valence-corrected chi connectivity index (χ0v) is 15.7. The summed E-state index contributed by atoms with van der Waals surface area (Å²) < 4.78 is 5.41. The normalized spacial score (nSPS) is 28.7. The Hall–Kier alpha value is -2.29. The number of nitrogens with one attached hydrogen (secondary N) is 1. The molecule has 0 spiro atoms. The molecule has 2 aliphatic carbocycles. The predicted molar refractivity (Wildman–Crippen MR) is 104 cm³/mol. The highest BCUT2D eigenvalue weighted by Crippen LogP contribution is 2.64. The van der Waals surface area contributed by atoms with Gasteiger partial charge in [0, 0.05) is 5.69 Å². The Balaban J connectivity index is 1.41. The maximum absolute atomic E-state index is 12.0. The summed E-state index contributed by atoms with van der Waals surface area (Å²) in [5.41, 5.74) is 2.53. The van der Waals surface area contributed by atoms with Crippen molar-refractivity contribution in [1.82, 2.24) is 0 Å². The van der Waals surface area contributed by atoms with Gasteiger partial charge in [-0.3, -0.25) is 5.32 Å². The number of rotatable bonds is 3. The lowest BCUT2D eigenvalue weighted by atomic mass is 9.64. The SMILES string of the molecule is C[C@H]1[C@@H]2C[C@H](c3ccc(OC(=O)Nc4ccccc4)cc3)[C@@H](C2)C1(C)C. The van der Waals surface area contributed by atoms with E-state index in [9.17, 15) is 4.79 Å². The van der Waals surface area contributed by atoms with Crippen molar-refractivity contribution in [3.05, 3.63) is 60.2 Å². The molecule has 1 N–H and O–H groups in total. The Morgan fingerprint density at radius 3 is 2.35 bits per heavy atom. The van der Waals surface area contributed by atoms with Crippen molar-refractivity contribution in [2.75, 3.05) is 5.32 Å². The second kappa shape index (κ2) is 6.46. The van der Waals surface area contributed by atoms with Gasteiger partial charge in [-0.15, -0.1) is 0 Å². The largest absolute Gasteiger partial charge is 0.417 e. The highest BCUT2D eigenvalue weighted by atomic mass is 16.6. The van der Waals surface area contributed by atoms with E-state index in [1.54, 1.807) is 0 Å². The third-order valence-corrected chi connectivity index (χ3v) is 6.97. The topological polar surface area (TPSA) is 38.3 Å². The molecule has 2 aromatic rings. The Morgan fingerprint density at radius 1 is 1.04 bits per heavy atom. The Morgan fingerprint density at radius 2 is 1.73 bits per heavy atom. The number of anilines is 1. The molecule has 1 amide bonds. The molecule has 0 aliphatic heterocycles. The van der Waals surface area contributed by atoms with Crippen LogP contribution in [0.1, 0.15) is 45.1 Å². The fourth-order valence-electron chi connectivity index (χ4n) is 5.18. The molecular weight excluding hydrogens is 322 g/mol. The molecule has 4 atom stereocenters. The molecule has 4 rings (SSSR count). The Labute approximate surface area is 155 Å². The first kappa shape index (κ1) is 17.1. The van der Waals surface area contributed by atoms with Gasteiger partial charge in [-0.1, -0.05) is 51.1 Å². The van der Waals surface area contributed by atoms with Crippen molar-refractivity contribution in [3.8, 4) is 5.75 Å². The second-order valence-corrected chi connectivity index (χ2v) is 8.50. The highest BCUT2D eigenvalue weighted by Gasteiger charge is 2.55. The van der Waals surface area contributed by atoms with Gasteiger partial charge in [0.25, 0.3) is 0 Å². The summed E-state index contributed by atoms with van der Waals surface area (Å²) in [4.78, 5) is 12.0. The van der Waals surface area contributed by atoms with Crippen molar-refractivity contribution in [1.29, 1.82) is 0 Å². The van der Waals surface area contributed by atoms with Crippen molar-refractivity contribution < 1.29 is 9.53 Å². The maximum atomic E-state index is 12.0. The fourth-order valence-corrected chi connectivity index (χ4v) is 5.18. The fraction of sp³-hybridized carbons (Fsp3) is 0.435. The molecule has 0 aromatic heterocycles. The van der Waals surface area contributed by atoms with Crippen LogP contribution in [-0.2, 0) is 0 Å².